The van der Waals surface area contributed by atoms with Gasteiger partial charge in [0.1, 0.15) is 0 Å². The monoisotopic (exact) mass is 362 g/mol. The molecule has 0 radical (unpaired) electrons. The Bertz CT molecular complexity index is 728. The van der Waals surface area contributed by atoms with Gasteiger partial charge in [0.25, 0.3) is 0 Å². The standard InChI is InChI=1S/C14H6Cl4O3/c15-9-3-8(6-19)13(12(18)5-9)21-14(20)7-1-2-10(16)11(17)4-7/h1-6H. The zero-order chi connectivity index (χ0) is 15.6. The minimum atomic E-state index is -0.721. The summed E-state index contributed by atoms with van der Waals surface area (Å²) in [6, 6.07) is 6.98. The predicted molar refractivity (Wildman–Crippen MR) is 83.3 cm³/mol. The van der Waals surface area contributed by atoms with Gasteiger partial charge in [-0.2, -0.15) is 0 Å². The Hall–Kier alpha value is -1.26. The molecule has 0 heterocycles. The van der Waals surface area contributed by atoms with E-state index in [1.165, 1.54) is 30.3 Å². The highest BCUT2D eigenvalue weighted by molar-refractivity contribution is 6.42. The maximum atomic E-state index is 12.1. The molecule has 108 valence electrons. The Labute approximate surface area is 140 Å². The fraction of sp³-hybridized carbons (Fsp3) is 0. The number of carbonyl (C=O) groups is 2. The van der Waals surface area contributed by atoms with Gasteiger partial charge in [-0.15, -0.1) is 0 Å². The second-order valence-electron chi connectivity index (χ2n) is 3.94. The molecule has 0 aromatic heterocycles. The highest BCUT2D eigenvalue weighted by atomic mass is 35.5. The number of halogens is 4. The molecule has 0 atom stereocenters. The van der Waals surface area contributed by atoms with Crippen LogP contribution in [0.4, 0.5) is 0 Å². The largest absolute Gasteiger partial charge is 0.421 e. The van der Waals surface area contributed by atoms with Gasteiger partial charge in [-0.25, -0.2) is 4.79 Å². The van der Waals surface area contributed by atoms with Crippen LogP contribution in [-0.4, -0.2) is 12.3 Å². The summed E-state index contributed by atoms with van der Waals surface area (Å²) in [4.78, 5) is 23.1. The molecule has 0 spiro atoms. The number of hydrogen-bond donors (Lipinski definition) is 0. The average Bonchev–Trinajstić information content (AvgIpc) is 2.44. The van der Waals surface area contributed by atoms with Crippen molar-refractivity contribution in [3.63, 3.8) is 0 Å². The Kier molecular flexibility index (Phi) is 5.12. The van der Waals surface area contributed by atoms with Gasteiger partial charge in [-0.1, -0.05) is 46.4 Å². The van der Waals surface area contributed by atoms with Crippen molar-refractivity contribution in [2.24, 2.45) is 0 Å². The smallest absolute Gasteiger partial charge is 0.343 e. The third-order valence-corrected chi connectivity index (χ3v) is 3.75. The number of hydrogen-bond acceptors (Lipinski definition) is 3. The van der Waals surface area contributed by atoms with Crippen molar-refractivity contribution in [2.45, 2.75) is 0 Å². The maximum absolute atomic E-state index is 12.1. The van der Waals surface area contributed by atoms with Crippen LogP contribution in [0.5, 0.6) is 5.75 Å². The van der Waals surface area contributed by atoms with Crippen LogP contribution in [0.3, 0.4) is 0 Å². The molecular formula is C14H6Cl4O3. The molecule has 2 rings (SSSR count). The predicted octanol–water partition coefficient (Wildman–Crippen LogP) is 5.33. The van der Waals surface area contributed by atoms with Crippen LogP contribution in [0, 0.1) is 0 Å². The second kappa shape index (κ2) is 6.67. The molecular weight excluding hydrogens is 358 g/mol. The van der Waals surface area contributed by atoms with Crippen molar-refractivity contribution in [3.8, 4) is 5.75 Å². The lowest BCUT2D eigenvalue weighted by atomic mass is 10.2. The van der Waals surface area contributed by atoms with E-state index < -0.39 is 5.97 Å². The summed E-state index contributed by atoms with van der Waals surface area (Å²) < 4.78 is 5.14. The molecule has 2 aromatic carbocycles. The minimum Gasteiger partial charge on any atom is -0.421 e. The zero-order valence-electron chi connectivity index (χ0n) is 10.2. The molecule has 0 unspecified atom stereocenters. The first-order chi connectivity index (χ1) is 9.92. The summed E-state index contributed by atoms with van der Waals surface area (Å²) >= 11 is 23.3. The Morgan fingerprint density at radius 1 is 0.952 bits per heavy atom. The van der Waals surface area contributed by atoms with Crippen LogP contribution in [0.25, 0.3) is 0 Å². The van der Waals surface area contributed by atoms with Gasteiger partial charge in [0, 0.05) is 5.02 Å². The fourth-order valence-corrected chi connectivity index (χ4v) is 2.40. The molecule has 2 aromatic rings. The molecule has 0 amide bonds. The summed E-state index contributed by atoms with van der Waals surface area (Å²) in [5, 5.41) is 0.838. The quantitative estimate of drug-likeness (QED) is 0.420. The second-order valence-corrected chi connectivity index (χ2v) is 5.60. The SMILES string of the molecule is O=Cc1cc(Cl)cc(Cl)c1OC(=O)c1ccc(Cl)c(Cl)c1. The van der Waals surface area contributed by atoms with Gasteiger partial charge in [0.15, 0.2) is 12.0 Å². The number of ether oxygens (including phenoxy) is 1. The Balaban J connectivity index is 2.35. The topological polar surface area (TPSA) is 43.4 Å². The van der Waals surface area contributed by atoms with E-state index in [4.69, 9.17) is 51.1 Å². The molecule has 7 heteroatoms. The number of benzene rings is 2. The summed E-state index contributed by atoms with van der Waals surface area (Å²) in [6.45, 7) is 0. The van der Waals surface area contributed by atoms with E-state index in [1.807, 2.05) is 0 Å². The molecule has 0 aliphatic heterocycles. The van der Waals surface area contributed by atoms with Gasteiger partial charge in [0.05, 0.1) is 26.2 Å². The highest BCUT2D eigenvalue weighted by Crippen LogP contribution is 2.32. The lowest BCUT2D eigenvalue weighted by Crippen LogP contribution is -2.10. The summed E-state index contributed by atoms with van der Waals surface area (Å²) in [5.41, 5.74) is 0.244. The Morgan fingerprint density at radius 3 is 2.29 bits per heavy atom. The van der Waals surface area contributed by atoms with Crippen molar-refractivity contribution < 1.29 is 14.3 Å². The van der Waals surface area contributed by atoms with E-state index in [9.17, 15) is 9.59 Å². The van der Waals surface area contributed by atoms with Gasteiger partial charge >= 0.3 is 5.97 Å². The molecule has 0 bridgehead atoms. The normalized spacial score (nSPS) is 10.3. The van der Waals surface area contributed by atoms with Gasteiger partial charge in [0.2, 0.25) is 0 Å². The molecule has 21 heavy (non-hydrogen) atoms. The maximum Gasteiger partial charge on any atom is 0.343 e. The molecule has 0 saturated heterocycles. The summed E-state index contributed by atoms with van der Waals surface area (Å²) in [6.07, 6.45) is 0.495. The van der Waals surface area contributed by atoms with E-state index in [0.29, 0.717) is 11.3 Å². The molecule has 0 aliphatic carbocycles. The Morgan fingerprint density at radius 2 is 1.67 bits per heavy atom. The van der Waals surface area contributed by atoms with Crippen molar-refractivity contribution in [1.82, 2.24) is 0 Å². The van der Waals surface area contributed by atoms with Crippen LogP contribution in [-0.2, 0) is 0 Å². The van der Waals surface area contributed by atoms with Crippen molar-refractivity contribution in [1.29, 1.82) is 0 Å². The molecule has 3 nitrogen and oxygen atoms in total. The van der Waals surface area contributed by atoms with Crippen LogP contribution in [0.15, 0.2) is 30.3 Å². The fourth-order valence-electron chi connectivity index (χ4n) is 1.55. The van der Waals surface area contributed by atoms with Gasteiger partial charge in [-0.05, 0) is 30.3 Å². The zero-order valence-corrected chi connectivity index (χ0v) is 13.2. The van der Waals surface area contributed by atoms with E-state index in [1.54, 1.807) is 0 Å². The molecule has 0 fully saturated rings. The van der Waals surface area contributed by atoms with Crippen LogP contribution in [0.2, 0.25) is 20.1 Å². The first kappa shape index (κ1) is 16.1. The average molecular weight is 364 g/mol. The van der Waals surface area contributed by atoms with Gasteiger partial charge < -0.3 is 4.74 Å². The van der Waals surface area contributed by atoms with Crippen LogP contribution in [0.1, 0.15) is 20.7 Å². The number of rotatable bonds is 3. The van der Waals surface area contributed by atoms with E-state index in [-0.39, 0.29) is 31.9 Å². The molecule has 0 saturated carbocycles. The van der Waals surface area contributed by atoms with E-state index in [0.717, 1.165) is 0 Å². The van der Waals surface area contributed by atoms with E-state index in [2.05, 4.69) is 0 Å². The van der Waals surface area contributed by atoms with Crippen LogP contribution < -0.4 is 4.74 Å². The third-order valence-electron chi connectivity index (χ3n) is 2.51. The third kappa shape index (κ3) is 3.69. The van der Waals surface area contributed by atoms with Crippen molar-refractivity contribution in [3.05, 3.63) is 61.5 Å². The lowest BCUT2D eigenvalue weighted by Gasteiger charge is -2.09. The summed E-state index contributed by atoms with van der Waals surface area (Å²) in [7, 11) is 0. The molecule has 0 aliphatic rings. The van der Waals surface area contributed by atoms with Gasteiger partial charge in [-0.3, -0.25) is 4.79 Å². The first-order valence-corrected chi connectivity index (χ1v) is 7.05. The van der Waals surface area contributed by atoms with Crippen molar-refractivity contribution >= 4 is 58.7 Å². The molecule has 0 N–H and O–H groups in total. The number of carbonyl (C=O) groups excluding carboxylic acids is 2. The summed E-state index contributed by atoms with van der Waals surface area (Å²) in [5.74, 6) is -0.784. The minimum absolute atomic E-state index is 0.0537. The number of aldehydes is 1. The highest BCUT2D eigenvalue weighted by Gasteiger charge is 2.16. The van der Waals surface area contributed by atoms with Crippen molar-refractivity contribution in [2.75, 3.05) is 0 Å². The first-order valence-electron chi connectivity index (χ1n) is 5.54. The lowest BCUT2D eigenvalue weighted by molar-refractivity contribution is 0.0733. The van der Waals surface area contributed by atoms with Crippen LogP contribution >= 0.6 is 46.4 Å². The number of esters is 1. The van der Waals surface area contributed by atoms with E-state index >= 15 is 0 Å².